The molecule has 0 radical (unpaired) electrons. The van der Waals surface area contributed by atoms with Crippen molar-refractivity contribution in [2.24, 2.45) is 0 Å². The number of alkyl halides is 3. The number of nitrogens with one attached hydrogen (secondary N) is 1. The molecule has 0 aliphatic rings. The Balaban J connectivity index is 1.72. The average molecular weight is 442 g/mol. The highest BCUT2D eigenvalue weighted by Gasteiger charge is 2.61. The van der Waals surface area contributed by atoms with Crippen LogP contribution in [0.4, 0.5) is 18.9 Å². The van der Waals surface area contributed by atoms with E-state index in [2.05, 4.69) is 10.3 Å². The Morgan fingerprint density at radius 3 is 2.53 bits per heavy atom. The Morgan fingerprint density at radius 2 is 1.78 bits per heavy atom. The third-order valence-electron chi connectivity index (χ3n) is 5.66. The van der Waals surface area contributed by atoms with Gasteiger partial charge in [0.2, 0.25) is 5.60 Å². The Bertz CT molecular complexity index is 1290. The molecule has 0 saturated carbocycles. The number of furan rings is 1. The van der Waals surface area contributed by atoms with Crippen LogP contribution in [0.2, 0.25) is 0 Å². The molecule has 5 nitrogen and oxygen atoms in total. The van der Waals surface area contributed by atoms with Crippen molar-refractivity contribution >= 4 is 33.5 Å². The van der Waals surface area contributed by atoms with Crippen molar-refractivity contribution in [2.45, 2.75) is 37.5 Å². The largest absolute Gasteiger partial charge is 0.464 e. The van der Waals surface area contributed by atoms with Gasteiger partial charge >= 0.3 is 6.18 Å². The highest BCUT2D eigenvalue weighted by molar-refractivity contribution is 6.04. The van der Waals surface area contributed by atoms with E-state index in [0.29, 0.717) is 27.4 Å². The standard InChI is InChI=1S/C24H21F3N2O3/c1-22(2,17-7-3-10-20-15(17)11-13-32-20)14-23(31,24(25,26)27)21(30)29-19-9-4-8-18-16(19)6-5-12-28-18/h3-13,31H,14H2,1-2H3,(H,29,30). The Labute approximate surface area is 181 Å². The van der Waals surface area contributed by atoms with Crippen molar-refractivity contribution in [1.82, 2.24) is 4.98 Å². The molecule has 1 atom stereocenters. The molecule has 0 aliphatic carbocycles. The summed E-state index contributed by atoms with van der Waals surface area (Å²) >= 11 is 0. The van der Waals surface area contributed by atoms with Gasteiger partial charge in [0.05, 0.1) is 17.5 Å². The highest BCUT2D eigenvalue weighted by atomic mass is 19.4. The zero-order valence-electron chi connectivity index (χ0n) is 17.4. The number of anilines is 1. The molecule has 32 heavy (non-hydrogen) atoms. The lowest BCUT2D eigenvalue weighted by Gasteiger charge is -2.37. The molecule has 2 N–H and O–H groups in total. The van der Waals surface area contributed by atoms with Gasteiger partial charge in [-0.1, -0.05) is 32.0 Å². The summed E-state index contributed by atoms with van der Waals surface area (Å²) in [5, 5.41) is 14.2. The fourth-order valence-corrected chi connectivity index (χ4v) is 4.07. The molecule has 0 aliphatic heterocycles. The number of fused-ring (bicyclic) bond motifs is 2. The summed E-state index contributed by atoms with van der Waals surface area (Å²) in [4.78, 5) is 17.1. The van der Waals surface area contributed by atoms with Crippen LogP contribution in [0.5, 0.6) is 0 Å². The average Bonchev–Trinajstić information content (AvgIpc) is 3.21. The molecule has 166 valence electrons. The summed E-state index contributed by atoms with van der Waals surface area (Å²) in [6, 6.07) is 14.7. The number of nitrogens with zero attached hydrogens (tertiary/aromatic N) is 1. The maximum atomic E-state index is 14.1. The van der Waals surface area contributed by atoms with Crippen LogP contribution in [0.25, 0.3) is 21.9 Å². The van der Waals surface area contributed by atoms with Crippen LogP contribution in [0, 0.1) is 0 Å². The molecule has 0 bridgehead atoms. The summed E-state index contributed by atoms with van der Waals surface area (Å²) < 4.78 is 47.7. The highest BCUT2D eigenvalue weighted by Crippen LogP contribution is 2.43. The van der Waals surface area contributed by atoms with Crippen molar-refractivity contribution in [3.05, 3.63) is 72.6 Å². The summed E-state index contributed by atoms with van der Waals surface area (Å²) in [6.45, 7) is 3.11. The number of amides is 1. The number of pyridine rings is 1. The topological polar surface area (TPSA) is 75.4 Å². The smallest absolute Gasteiger partial charge is 0.426 e. The van der Waals surface area contributed by atoms with E-state index in [1.165, 1.54) is 12.3 Å². The van der Waals surface area contributed by atoms with Gasteiger partial charge in [-0.3, -0.25) is 9.78 Å². The van der Waals surface area contributed by atoms with Gasteiger partial charge in [-0.25, -0.2) is 0 Å². The van der Waals surface area contributed by atoms with Crippen molar-refractivity contribution in [3.8, 4) is 0 Å². The van der Waals surface area contributed by atoms with Gasteiger partial charge in [-0.2, -0.15) is 13.2 Å². The monoisotopic (exact) mass is 442 g/mol. The van der Waals surface area contributed by atoms with Crippen LogP contribution in [0.3, 0.4) is 0 Å². The van der Waals surface area contributed by atoms with Crippen molar-refractivity contribution in [3.63, 3.8) is 0 Å². The van der Waals surface area contributed by atoms with E-state index in [9.17, 15) is 23.1 Å². The van der Waals surface area contributed by atoms with Crippen LogP contribution in [-0.2, 0) is 10.2 Å². The van der Waals surface area contributed by atoms with Gasteiger partial charge in [0.15, 0.2) is 0 Å². The number of carbonyl (C=O) groups is 1. The molecule has 4 aromatic rings. The maximum Gasteiger partial charge on any atom is 0.426 e. The molecule has 0 fully saturated rings. The third kappa shape index (κ3) is 3.71. The third-order valence-corrected chi connectivity index (χ3v) is 5.66. The lowest BCUT2D eigenvalue weighted by molar-refractivity contribution is -0.254. The molecule has 0 saturated heterocycles. The van der Waals surface area contributed by atoms with Gasteiger partial charge in [0.25, 0.3) is 5.91 Å². The normalized spacial score (nSPS) is 14.4. The van der Waals surface area contributed by atoms with Crippen molar-refractivity contribution in [2.75, 3.05) is 5.32 Å². The quantitative estimate of drug-likeness (QED) is 0.423. The maximum absolute atomic E-state index is 14.1. The van der Waals surface area contributed by atoms with Crippen LogP contribution >= 0.6 is 0 Å². The Kier molecular flexibility index (Phi) is 5.21. The predicted molar refractivity (Wildman–Crippen MR) is 115 cm³/mol. The molecule has 2 heterocycles. The zero-order chi connectivity index (χ0) is 23.1. The molecule has 0 spiro atoms. The number of aliphatic hydroxyl groups is 1. The summed E-state index contributed by atoms with van der Waals surface area (Å²) in [7, 11) is 0. The number of benzene rings is 2. The van der Waals surface area contributed by atoms with Crippen molar-refractivity contribution in [1.29, 1.82) is 0 Å². The zero-order valence-corrected chi connectivity index (χ0v) is 17.4. The fourth-order valence-electron chi connectivity index (χ4n) is 4.07. The molecule has 4 rings (SSSR count). The molecular formula is C24H21F3N2O3. The SMILES string of the molecule is CC(C)(CC(O)(C(=O)Nc1cccc2ncccc12)C(F)(F)F)c1cccc2occc12. The molecular weight excluding hydrogens is 421 g/mol. The van der Waals surface area contributed by atoms with E-state index in [1.54, 1.807) is 68.6 Å². The number of halogens is 3. The van der Waals surface area contributed by atoms with E-state index in [1.807, 2.05) is 0 Å². The van der Waals surface area contributed by atoms with E-state index < -0.39 is 29.5 Å². The van der Waals surface area contributed by atoms with E-state index >= 15 is 0 Å². The van der Waals surface area contributed by atoms with Gasteiger partial charge < -0.3 is 14.8 Å². The van der Waals surface area contributed by atoms with Gasteiger partial charge in [-0.15, -0.1) is 0 Å². The van der Waals surface area contributed by atoms with Gasteiger partial charge in [-0.05, 0) is 47.4 Å². The minimum Gasteiger partial charge on any atom is -0.464 e. The van der Waals surface area contributed by atoms with E-state index in [0.717, 1.165) is 0 Å². The molecule has 2 aromatic heterocycles. The van der Waals surface area contributed by atoms with E-state index in [-0.39, 0.29) is 5.69 Å². The van der Waals surface area contributed by atoms with Crippen LogP contribution in [0.15, 0.2) is 71.5 Å². The first-order chi connectivity index (χ1) is 15.0. The first kappa shape index (κ1) is 21.8. The Morgan fingerprint density at radius 1 is 1.03 bits per heavy atom. The number of hydrogen-bond donors (Lipinski definition) is 2. The number of aromatic nitrogens is 1. The van der Waals surface area contributed by atoms with Crippen LogP contribution in [-0.4, -0.2) is 27.8 Å². The minimum atomic E-state index is -5.21. The van der Waals surface area contributed by atoms with Crippen LogP contribution < -0.4 is 5.32 Å². The minimum absolute atomic E-state index is 0.137. The summed E-state index contributed by atoms with van der Waals surface area (Å²) in [5.74, 6) is -1.55. The second-order valence-electron chi connectivity index (χ2n) is 8.39. The molecule has 1 unspecified atom stereocenters. The first-order valence-electron chi connectivity index (χ1n) is 9.94. The summed E-state index contributed by atoms with van der Waals surface area (Å²) in [5.41, 5.74) is -3.16. The molecule has 8 heteroatoms. The molecule has 2 aromatic carbocycles. The molecule has 1 amide bonds. The van der Waals surface area contributed by atoms with E-state index in [4.69, 9.17) is 4.42 Å². The van der Waals surface area contributed by atoms with Gasteiger partial charge in [0, 0.05) is 23.4 Å². The predicted octanol–water partition coefficient (Wildman–Crippen LogP) is 5.58. The fraction of sp³-hybridized carbons (Fsp3) is 0.250. The lowest BCUT2D eigenvalue weighted by Crippen LogP contribution is -2.57. The number of hydrogen-bond acceptors (Lipinski definition) is 4. The lowest BCUT2D eigenvalue weighted by atomic mass is 9.73. The van der Waals surface area contributed by atoms with Crippen LogP contribution in [0.1, 0.15) is 25.8 Å². The summed E-state index contributed by atoms with van der Waals surface area (Å²) in [6.07, 6.45) is -3.11. The first-order valence-corrected chi connectivity index (χ1v) is 9.94. The Hall–Kier alpha value is -3.39. The number of rotatable bonds is 5. The number of carbonyl (C=O) groups excluding carboxylic acids is 1. The second kappa shape index (κ2) is 7.63. The van der Waals surface area contributed by atoms with Gasteiger partial charge in [0.1, 0.15) is 5.58 Å². The van der Waals surface area contributed by atoms with Crippen molar-refractivity contribution < 1.29 is 27.5 Å². The second-order valence-corrected chi connectivity index (χ2v) is 8.39.